The van der Waals surface area contributed by atoms with Crippen LogP contribution in [0, 0.1) is 6.92 Å². The summed E-state index contributed by atoms with van der Waals surface area (Å²) in [5.74, 6) is -1.04. The van der Waals surface area contributed by atoms with E-state index in [1.807, 2.05) is 0 Å². The summed E-state index contributed by atoms with van der Waals surface area (Å²) < 4.78 is 37.8. The normalized spacial score (nSPS) is 11.1. The average molecular weight is 304 g/mol. The number of carboxylic acid groups (broad SMARTS) is 1. The second kappa shape index (κ2) is 6.47. The maximum absolute atomic E-state index is 12.6. The van der Waals surface area contributed by atoms with Crippen LogP contribution in [0.5, 0.6) is 0 Å². The summed E-state index contributed by atoms with van der Waals surface area (Å²) in [5, 5.41) is 10.9. The Balaban J connectivity index is 2.73. The molecule has 0 atom stereocenters. The number of amides is 2. The Kier molecular flexibility index (Phi) is 5.17. The van der Waals surface area contributed by atoms with Gasteiger partial charge in [-0.2, -0.15) is 13.2 Å². The molecule has 1 rings (SSSR count). The lowest BCUT2D eigenvalue weighted by Crippen LogP contribution is -2.33. The molecular weight excluding hydrogens is 289 g/mol. The monoisotopic (exact) mass is 304 g/mol. The molecule has 0 spiro atoms. The first-order chi connectivity index (χ1) is 9.61. The van der Waals surface area contributed by atoms with Crippen molar-refractivity contribution in [1.29, 1.82) is 0 Å². The van der Waals surface area contributed by atoms with Crippen LogP contribution < -0.4 is 5.32 Å². The number of halogens is 3. The molecule has 0 aliphatic rings. The molecule has 0 aromatic heterocycles. The molecule has 21 heavy (non-hydrogen) atoms. The lowest BCUT2D eigenvalue weighted by atomic mass is 10.1. The van der Waals surface area contributed by atoms with Gasteiger partial charge in [0.1, 0.15) is 0 Å². The van der Waals surface area contributed by atoms with Crippen LogP contribution in [0.2, 0.25) is 0 Å². The summed E-state index contributed by atoms with van der Waals surface area (Å²) in [6.45, 7) is 1.30. The Morgan fingerprint density at radius 2 is 1.95 bits per heavy atom. The number of benzene rings is 1. The van der Waals surface area contributed by atoms with Crippen LogP contribution >= 0.6 is 0 Å². The standard InChI is InChI=1S/C13H15F3N2O3/c1-8-7-9(3-4-10(8)13(14,15)16)17-12(21)18(2)6-5-11(19)20/h3-4,7H,5-6H2,1-2H3,(H,17,21)(H,19,20). The summed E-state index contributed by atoms with van der Waals surface area (Å²) >= 11 is 0. The van der Waals surface area contributed by atoms with Crippen molar-refractivity contribution >= 4 is 17.7 Å². The van der Waals surface area contributed by atoms with Crippen LogP contribution in [0.4, 0.5) is 23.7 Å². The van der Waals surface area contributed by atoms with Crippen molar-refractivity contribution in [3.8, 4) is 0 Å². The van der Waals surface area contributed by atoms with Crippen molar-refractivity contribution in [1.82, 2.24) is 4.90 Å². The van der Waals surface area contributed by atoms with Gasteiger partial charge in [0.15, 0.2) is 0 Å². The SMILES string of the molecule is Cc1cc(NC(=O)N(C)CCC(=O)O)ccc1C(F)(F)F. The maximum atomic E-state index is 12.6. The van der Waals surface area contributed by atoms with E-state index in [2.05, 4.69) is 5.32 Å². The molecule has 5 nitrogen and oxygen atoms in total. The van der Waals surface area contributed by atoms with E-state index in [1.54, 1.807) is 0 Å². The highest BCUT2D eigenvalue weighted by Gasteiger charge is 2.32. The zero-order valence-corrected chi connectivity index (χ0v) is 11.5. The lowest BCUT2D eigenvalue weighted by Gasteiger charge is -2.18. The minimum atomic E-state index is -4.44. The number of aliphatic carboxylic acids is 1. The third-order valence-corrected chi connectivity index (χ3v) is 2.79. The first-order valence-electron chi connectivity index (χ1n) is 6.03. The van der Waals surface area contributed by atoms with Gasteiger partial charge in [0.05, 0.1) is 12.0 Å². The molecule has 1 aromatic carbocycles. The minimum Gasteiger partial charge on any atom is -0.481 e. The number of hydrogen-bond donors (Lipinski definition) is 2. The number of carbonyl (C=O) groups excluding carboxylic acids is 1. The largest absolute Gasteiger partial charge is 0.481 e. The molecule has 8 heteroatoms. The van der Waals surface area contributed by atoms with E-state index >= 15 is 0 Å². The molecule has 0 aliphatic carbocycles. The van der Waals surface area contributed by atoms with Gasteiger partial charge in [-0.15, -0.1) is 0 Å². The fraction of sp³-hybridized carbons (Fsp3) is 0.385. The van der Waals surface area contributed by atoms with Gasteiger partial charge in [0.25, 0.3) is 0 Å². The lowest BCUT2D eigenvalue weighted by molar-refractivity contribution is -0.138. The van der Waals surface area contributed by atoms with Crippen molar-refractivity contribution in [3.05, 3.63) is 29.3 Å². The number of urea groups is 1. The van der Waals surface area contributed by atoms with Crippen LogP contribution in [0.25, 0.3) is 0 Å². The van der Waals surface area contributed by atoms with E-state index in [0.29, 0.717) is 0 Å². The van der Waals surface area contributed by atoms with Crippen LogP contribution in [-0.4, -0.2) is 35.6 Å². The van der Waals surface area contributed by atoms with Crippen molar-refractivity contribution < 1.29 is 27.9 Å². The highest BCUT2D eigenvalue weighted by molar-refractivity contribution is 5.89. The molecule has 2 N–H and O–H groups in total. The van der Waals surface area contributed by atoms with Crippen LogP contribution in [0.3, 0.4) is 0 Å². The van der Waals surface area contributed by atoms with E-state index in [-0.39, 0.29) is 24.2 Å². The number of carboxylic acids is 1. The number of carbonyl (C=O) groups is 2. The quantitative estimate of drug-likeness (QED) is 0.898. The van der Waals surface area contributed by atoms with E-state index < -0.39 is 23.7 Å². The Labute approximate surface area is 119 Å². The topological polar surface area (TPSA) is 69.6 Å². The molecule has 116 valence electrons. The van der Waals surface area contributed by atoms with Gasteiger partial charge in [-0.05, 0) is 30.7 Å². The van der Waals surface area contributed by atoms with E-state index in [0.717, 1.165) is 17.0 Å². The first kappa shape index (κ1) is 16.8. The molecule has 0 bridgehead atoms. The molecular formula is C13H15F3N2O3. The number of alkyl halides is 3. The third kappa shape index (κ3) is 4.97. The molecule has 2 amide bonds. The molecule has 0 fully saturated rings. The predicted molar refractivity (Wildman–Crippen MR) is 70.1 cm³/mol. The van der Waals surface area contributed by atoms with Gasteiger partial charge in [-0.1, -0.05) is 0 Å². The molecule has 0 heterocycles. The average Bonchev–Trinajstić information content (AvgIpc) is 2.34. The van der Waals surface area contributed by atoms with Gasteiger partial charge in [0, 0.05) is 19.3 Å². The summed E-state index contributed by atoms with van der Waals surface area (Å²) in [6, 6.07) is 2.67. The number of hydrogen-bond acceptors (Lipinski definition) is 2. The van der Waals surface area contributed by atoms with Gasteiger partial charge in [0.2, 0.25) is 0 Å². The smallest absolute Gasteiger partial charge is 0.416 e. The van der Waals surface area contributed by atoms with Gasteiger partial charge < -0.3 is 15.3 Å². The second-order valence-corrected chi connectivity index (χ2v) is 4.52. The van der Waals surface area contributed by atoms with E-state index in [4.69, 9.17) is 5.11 Å². The van der Waals surface area contributed by atoms with Gasteiger partial charge >= 0.3 is 18.2 Å². The Morgan fingerprint density at radius 1 is 1.33 bits per heavy atom. The highest BCUT2D eigenvalue weighted by atomic mass is 19.4. The van der Waals surface area contributed by atoms with E-state index in [1.165, 1.54) is 20.0 Å². The second-order valence-electron chi connectivity index (χ2n) is 4.52. The predicted octanol–water partition coefficient (Wildman–Crippen LogP) is 2.95. The fourth-order valence-corrected chi connectivity index (χ4v) is 1.64. The molecule has 0 saturated heterocycles. The summed E-state index contributed by atoms with van der Waals surface area (Å²) in [7, 11) is 1.40. The van der Waals surface area contributed by atoms with Gasteiger partial charge in [-0.3, -0.25) is 4.79 Å². The van der Waals surface area contributed by atoms with Crippen LogP contribution in [0.1, 0.15) is 17.5 Å². The zero-order chi connectivity index (χ0) is 16.2. The van der Waals surface area contributed by atoms with Crippen molar-refractivity contribution in [3.63, 3.8) is 0 Å². The zero-order valence-electron chi connectivity index (χ0n) is 11.5. The minimum absolute atomic E-state index is 0.000777. The molecule has 1 aromatic rings. The number of rotatable bonds is 4. The van der Waals surface area contributed by atoms with Crippen LogP contribution in [0.15, 0.2) is 18.2 Å². The fourth-order valence-electron chi connectivity index (χ4n) is 1.64. The summed E-state index contributed by atoms with van der Waals surface area (Å²) in [5.41, 5.74) is -0.555. The van der Waals surface area contributed by atoms with Crippen molar-refractivity contribution in [2.24, 2.45) is 0 Å². The van der Waals surface area contributed by atoms with Crippen LogP contribution in [-0.2, 0) is 11.0 Å². The van der Waals surface area contributed by atoms with E-state index in [9.17, 15) is 22.8 Å². The molecule has 0 radical (unpaired) electrons. The summed E-state index contributed by atoms with van der Waals surface area (Å²) in [6.07, 6.45) is -4.65. The molecule has 0 saturated carbocycles. The first-order valence-corrected chi connectivity index (χ1v) is 6.03. The number of anilines is 1. The Bertz CT molecular complexity index is 544. The molecule has 0 unspecified atom stereocenters. The maximum Gasteiger partial charge on any atom is 0.416 e. The highest BCUT2D eigenvalue weighted by Crippen LogP contribution is 2.32. The Hall–Kier alpha value is -2.25. The van der Waals surface area contributed by atoms with Gasteiger partial charge in [-0.25, -0.2) is 4.79 Å². The third-order valence-electron chi connectivity index (χ3n) is 2.79. The Morgan fingerprint density at radius 3 is 2.43 bits per heavy atom. The molecule has 0 aliphatic heterocycles. The number of aryl methyl sites for hydroxylation is 1. The van der Waals surface area contributed by atoms with Crippen molar-refractivity contribution in [2.75, 3.05) is 18.9 Å². The number of nitrogens with one attached hydrogen (secondary N) is 1. The number of nitrogens with zero attached hydrogens (tertiary/aromatic N) is 1. The van der Waals surface area contributed by atoms with Crippen molar-refractivity contribution in [2.45, 2.75) is 19.5 Å². The summed E-state index contributed by atoms with van der Waals surface area (Å²) in [4.78, 5) is 23.3.